The molecule has 0 aromatic heterocycles. The lowest BCUT2D eigenvalue weighted by atomic mass is 9.97. The average molecular weight is 439 g/mol. The highest BCUT2D eigenvalue weighted by atomic mass is 16.3. The van der Waals surface area contributed by atoms with Crippen molar-refractivity contribution in [3.8, 4) is 11.5 Å². The molecule has 0 aliphatic rings. The van der Waals surface area contributed by atoms with Crippen molar-refractivity contribution in [2.45, 2.75) is 77.7 Å². The highest BCUT2D eigenvalue weighted by molar-refractivity contribution is 5.83. The molecule has 0 saturated carbocycles. The zero-order valence-corrected chi connectivity index (χ0v) is 20.0. The molecule has 2 aromatic rings. The van der Waals surface area contributed by atoms with Gasteiger partial charge in [-0.2, -0.15) is 0 Å². The SMILES string of the molecule is CCCCCCC(c1ccccc1O)N(CCCCCC)CCN=Cc1ccccc1O. The minimum atomic E-state index is 0.204. The summed E-state index contributed by atoms with van der Waals surface area (Å²) in [5.74, 6) is 0.653. The molecule has 0 amide bonds. The van der Waals surface area contributed by atoms with Crippen LogP contribution in [0.5, 0.6) is 11.5 Å². The summed E-state index contributed by atoms with van der Waals surface area (Å²) in [4.78, 5) is 7.12. The van der Waals surface area contributed by atoms with Crippen molar-refractivity contribution in [3.05, 3.63) is 59.7 Å². The van der Waals surface area contributed by atoms with Gasteiger partial charge < -0.3 is 10.2 Å². The van der Waals surface area contributed by atoms with Crippen LogP contribution in [-0.2, 0) is 0 Å². The summed E-state index contributed by atoms with van der Waals surface area (Å²) in [6.45, 7) is 7.00. The second-order valence-electron chi connectivity index (χ2n) is 8.61. The lowest BCUT2D eigenvalue weighted by Gasteiger charge is -2.32. The lowest BCUT2D eigenvalue weighted by molar-refractivity contribution is 0.182. The third-order valence-electron chi connectivity index (χ3n) is 6.05. The fourth-order valence-electron chi connectivity index (χ4n) is 4.18. The highest BCUT2D eigenvalue weighted by Gasteiger charge is 2.22. The highest BCUT2D eigenvalue weighted by Crippen LogP contribution is 2.33. The van der Waals surface area contributed by atoms with Crippen molar-refractivity contribution >= 4 is 6.21 Å². The van der Waals surface area contributed by atoms with Crippen molar-refractivity contribution in [1.29, 1.82) is 0 Å². The molecule has 0 radical (unpaired) electrons. The summed E-state index contributed by atoms with van der Waals surface area (Å²) >= 11 is 0. The molecule has 0 fully saturated rings. The predicted molar refractivity (Wildman–Crippen MR) is 136 cm³/mol. The summed E-state index contributed by atoms with van der Waals surface area (Å²) in [5.41, 5.74) is 1.78. The molecule has 1 unspecified atom stereocenters. The van der Waals surface area contributed by atoms with Crippen LogP contribution in [-0.4, -0.2) is 41.0 Å². The summed E-state index contributed by atoms with van der Waals surface area (Å²) < 4.78 is 0. The number of unbranched alkanes of at least 4 members (excludes halogenated alkanes) is 6. The molecule has 0 saturated heterocycles. The van der Waals surface area contributed by atoms with Crippen LogP contribution >= 0.6 is 0 Å². The van der Waals surface area contributed by atoms with Gasteiger partial charge in [0.25, 0.3) is 0 Å². The Morgan fingerprint density at radius 3 is 2.12 bits per heavy atom. The molecule has 4 heteroatoms. The molecule has 2 aromatic carbocycles. The van der Waals surface area contributed by atoms with E-state index in [2.05, 4.69) is 29.8 Å². The standard InChI is InChI=1S/C28H42N2O2/c1-3-5-7-9-17-26(25-16-11-13-19-28(25)32)30(21-14-8-6-4-2)22-20-29-23-24-15-10-12-18-27(24)31/h10-13,15-16,18-19,23,26,31-32H,3-9,14,17,20-22H2,1-2H3. The van der Waals surface area contributed by atoms with Gasteiger partial charge in [0.2, 0.25) is 0 Å². The number of para-hydroxylation sites is 2. The molecule has 0 heterocycles. The van der Waals surface area contributed by atoms with E-state index in [1.54, 1.807) is 18.3 Å². The van der Waals surface area contributed by atoms with E-state index in [0.717, 1.165) is 37.1 Å². The van der Waals surface area contributed by atoms with Crippen molar-refractivity contribution in [2.24, 2.45) is 4.99 Å². The summed E-state index contributed by atoms with van der Waals surface area (Å²) in [7, 11) is 0. The molecule has 0 bridgehead atoms. The van der Waals surface area contributed by atoms with Crippen LogP contribution in [0.25, 0.3) is 0 Å². The van der Waals surface area contributed by atoms with E-state index in [4.69, 9.17) is 0 Å². The maximum absolute atomic E-state index is 10.6. The number of nitrogens with zero attached hydrogens (tertiary/aromatic N) is 2. The van der Waals surface area contributed by atoms with E-state index in [9.17, 15) is 10.2 Å². The number of phenols is 2. The first-order valence-electron chi connectivity index (χ1n) is 12.5. The van der Waals surface area contributed by atoms with Crippen molar-refractivity contribution in [1.82, 2.24) is 4.90 Å². The Kier molecular flexibility index (Phi) is 12.5. The van der Waals surface area contributed by atoms with E-state index >= 15 is 0 Å². The Labute approximate surface area is 195 Å². The number of benzene rings is 2. The molecule has 176 valence electrons. The Bertz CT molecular complexity index is 791. The zero-order valence-electron chi connectivity index (χ0n) is 20.0. The van der Waals surface area contributed by atoms with Crippen LogP contribution in [0.2, 0.25) is 0 Å². The van der Waals surface area contributed by atoms with Gasteiger partial charge in [-0.25, -0.2) is 0 Å². The molecule has 0 aliphatic carbocycles. The van der Waals surface area contributed by atoms with Gasteiger partial charge >= 0.3 is 0 Å². The normalized spacial score (nSPS) is 12.6. The smallest absolute Gasteiger partial charge is 0.124 e. The first-order chi connectivity index (χ1) is 15.7. The number of aliphatic imine (C=N–C) groups is 1. The average Bonchev–Trinajstić information content (AvgIpc) is 2.80. The lowest BCUT2D eigenvalue weighted by Crippen LogP contribution is -2.32. The van der Waals surface area contributed by atoms with Crippen molar-refractivity contribution in [3.63, 3.8) is 0 Å². The molecule has 32 heavy (non-hydrogen) atoms. The van der Waals surface area contributed by atoms with Gasteiger partial charge in [0.15, 0.2) is 0 Å². The number of rotatable bonds is 16. The van der Waals surface area contributed by atoms with Crippen molar-refractivity contribution < 1.29 is 10.2 Å². The molecule has 1 atom stereocenters. The minimum Gasteiger partial charge on any atom is -0.508 e. The van der Waals surface area contributed by atoms with Gasteiger partial charge in [-0.1, -0.05) is 89.1 Å². The minimum absolute atomic E-state index is 0.204. The molecule has 4 nitrogen and oxygen atoms in total. The maximum atomic E-state index is 10.6. The molecular weight excluding hydrogens is 396 g/mol. The Hall–Kier alpha value is -2.33. The fraction of sp³-hybridized carbons (Fsp3) is 0.536. The first kappa shape index (κ1) is 25.9. The second-order valence-corrected chi connectivity index (χ2v) is 8.61. The fourth-order valence-corrected chi connectivity index (χ4v) is 4.18. The number of phenolic OH excluding ortho intramolecular Hbond substituents is 2. The predicted octanol–water partition coefficient (Wildman–Crippen LogP) is 7.11. The van der Waals surface area contributed by atoms with Gasteiger partial charge in [-0.3, -0.25) is 9.89 Å². The van der Waals surface area contributed by atoms with Crippen LogP contribution in [0.15, 0.2) is 53.5 Å². The molecule has 0 spiro atoms. The number of aromatic hydroxyl groups is 2. The van der Waals surface area contributed by atoms with Crippen LogP contribution in [0, 0.1) is 0 Å². The van der Waals surface area contributed by atoms with Crippen LogP contribution < -0.4 is 0 Å². The monoisotopic (exact) mass is 438 g/mol. The molecule has 2 rings (SSSR count). The number of hydrogen-bond acceptors (Lipinski definition) is 4. The van der Waals surface area contributed by atoms with Crippen LogP contribution in [0.1, 0.15) is 88.8 Å². The van der Waals surface area contributed by atoms with E-state index in [1.165, 1.54) is 44.9 Å². The molecule has 2 N–H and O–H groups in total. The summed E-state index contributed by atoms with van der Waals surface area (Å²) in [6.07, 6.45) is 12.6. The zero-order chi connectivity index (χ0) is 23.0. The Balaban J connectivity index is 2.12. The van der Waals surface area contributed by atoms with Crippen LogP contribution in [0.4, 0.5) is 0 Å². The van der Waals surface area contributed by atoms with E-state index in [-0.39, 0.29) is 11.8 Å². The number of hydrogen-bond donors (Lipinski definition) is 2. The summed E-state index contributed by atoms with van der Waals surface area (Å²) in [6, 6.07) is 15.3. The largest absolute Gasteiger partial charge is 0.508 e. The maximum Gasteiger partial charge on any atom is 0.124 e. The van der Waals surface area contributed by atoms with E-state index < -0.39 is 0 Å². The topological polar surface area (TPSA) is 56.1 Å². The van der Waals surface area contributed by atoms with Gasteiger partial charge in [-0.15, -0.1) is 0 Å². The van der Waals surface area contributed by atoms with Crippen LogP contribution in [0.3, 0.4) is 0 Å². The Morgan fingerprint density at radius 1 is 0.781 bits per heavy atom. The van der Waals surface area contributed by atoms with Gasteiger partial charge in [0, 0.05) is 29.9 Å². The third kappa shape index (κ3) is 9.04. The van der Waals surface area contributed by atoms with Crippen molar-refractivity contribution in [2.75, 3.05) is 19.6 Å². The van der Waals surface area contributed by atoms with Gasteiger partial charge in [0.1, 0.15) is 11.5 Å². The van der Waals surface area contributed by atoms with Gasteiger partial charge in [-0.05, 0) is 37.6 Å². The molecular formula is C28H42N2O2. The third-order valence-corrected chi connectivity index (χ3v) is 6.05. The van der Waals surface area contributed by atoms with Gasteiger partial charge in [0.05, 0.1) is 6.54 Å². The van der Waals surface area contributed by atoms with E-state index in [1.807, 2.05) is 30.3 Å². The molecule has 0 aliphatic heterocycles. The summed E-state index contributed by atoms with van der Waals surface area (Å²) in [5, 5.41) is 20.6. The second kappa shape index (κ2) is 15.5. The quantitative estimate of drug-likeness (QED) is 0.217. The van der Waals surface area contributed by atoms with E-state index in [0.29, 0.717) is 12.3 Å². The Morgan fingerprint density at radius 2 is 1.44 bits per heavy atom. The first-order valence-corrected chi connectivity index (χ1v) is 12.5.